The normalized spacial score (nSPS) is 18.4. The van der Waals surface area contributed by atoms with Crippen LogP contribution in [0.5, 0.6) is 0 Å². The molecule has 1 amide bonds. The summed E-state index contributed by atoms with van der Waals surface area (Å²) in [4.78, 5) is 12.2. The van der Waals surface area contributed by atoms with Crippen molar-refractivity contribution in [2.45, 2.75) is 51.7 Å². The first-order valence-corrected chi connectivity index (χ1v) is 9.45. The fraction of sp³-hybridized carbons (Fsp3) is 0.611. The number of nitrogens with one attached hydrogen (secondary N) is 2. The Labute approximate surface area is 143 Å². The second-order valence-corrected chi connectivity index (χ2v) is 7.84. The third-order valence-corrected chi connectivity index (χ3v) is 5.56. The van der Waals surface area contributed by atoms with Crippen molar-refractivity contribution in [3.8, 4) is 0 Å². The molecule has 1 heterocycles. The van der Waals surface area contributed by atoms with Gasteiger partial charge in [-0.15, -0.1) is 0 Å². The Balaban J connectivity index is 1.79. The minimum absolute atomic E-state index is 0.00453. The van der Waals surface area contributed by atoms with Gasteiger partial charge in [-0.05, 0) is 62.3 Å². The van der Waals surface area contributed by atoms with E-state index in [0.717, 1.165) is 35.6 Å². The van der Waals surface area contributed by atoms with Crippen molar-refractivity contribution in [3.05, 3.63) is 29.3 Å². The zero-order chi connectivity index (χ0) is 16.9. The highest BCUT2D eigenvalue weighted by Crippen LogP contribution is 2.26. The molecular weight excluding hydrogens is 308 g/mol. The molecule has 128 valence electrons. The number of carbonyl (C=O) groups excluding carboxylic acids is 1. The summed E-state index contributed by atoms with van der Waals surface area (Å²) in [5, 5.41) is 16.8. The quantitative estimate of drug-likeness (QED) is 0.747. The van der Waals surface area contributed by atoms with Crippen LogP contribution in [0.15, 0.2) is 18.2 Å². The summed E-state index contributed by atoms with van der Waals surface area (Å²) in [6.45, 7) is 6.61. The molecule has 1 saturated heterocycles. The lowest BCUT2D eigenvalue weighted by Crippen LogP contribution is -2.46. The largest absolute Gasteiger partial charge is 0.389 e. The van der Waals surface area contributed by atoms with Gasteiger partial charge in [0.2, 0.25) is 5.91 Å². The van der Waals surface area contributed by atoms with E-state index in [1.54, 1.807) is 0 Å². The van der Waals surface area contributed by atoms with E-state index in [-0.39, 0.29) is 11.9 Å². The van der Waals surface area contributed by atoms with E-state index in [1.807, 2.05) is 50.7 Å². The number of amides is 1. The molecule has 2 rings (SSSR count). The summed E-state index contributed by atoms with van der Waals surface area (Å²) in [6.07, 6.45) is 2.05. The summed E-state index contributed by atoms with van der Waals surface area (Å²) >= 11 is 1.89. The van der Waals surface area contributed by atoms with Crippen LogP contribution < -0.4 is 10.6 Å². The molecule has 1 unspecified atom stereocenters. The smallest absolute Gasteiger partial charge is 0.225 e. The van der Waals surface area contributed by atoms with Gasteiger partial charge in [0.15, 0.2) is 0 Å². The third kappa shape index (κ3) is 5.52. The zero-order valence-corrected chi connectivity index (χ0v) is 15.1. The van der Waals surface area contributed by atoms with E-state index in [0.29, 0.717) is 13.0 Å². The zero-order valence-electron chi connectivity index (χ0n) is 14.3. The van der Waals surface area contributed by atoms with Gasteiger partial charge in [0.25, 0.3) is 0 Å². The van der Waals surface area contributed by atoms with Crippen molar-refractivity contribution in [3.63, 3.8) is 0 Å². The van der Waals surface area contributed by atoms with Gasteiger partial charge in [-0.2, -0.15) is 11.8 Å². The Morgan fingerprint density at radius 1 is 1.35 bits per heavy atom. The SMILES string of the molecule is Cc1cccc(NC(=O)CC(C)NCC2(O)CCSCC2)c1C. The number of carbonyl (C=O) groups is 1. The number of anilines is 1. The molecule has 5 heteroatoms. The van der Waals surface area contributed by atoms with Gasteiger partial charge in [-0.3, -0.25) is 4.79 Å². The van der Waals surface area contributed by atoms with Gasteiger partial charge in [0.05, 0.1) is 5.60 Å². The van der Waals surface area contributed by atoms with Crippen LogP contribution in [0.4, 0.5) is 5.69 Å². The fourth-order valence-electron chi connectivity index (χ4n) is 2.73. The van der Waals surface area contributed by atoms with Gasteiger partial charge in [0, 0.05) is 24.7 Å². The number of aryl methyl sites for hydroxylation is 1. The molecule has 1 aliphatic rings. The lowest BCUT2D eigenvalue weighted by Gasteiger charge is -2.33. The van der Waals surface area contributed by atoms with Gasteiger partial charge in [-0.1, -0.05) is 12.1 Å². The molecular formula is C18H28N2O2S. The molecule has 0 radical (unpaired) electrons. The predicted octanol–water partition coefficient (Wildman–Crippen LogP) is 2.87. The molecule has 1 aromatic rings. The Hall–Kier alpha value is -1.04. The number of thioether (sulfide) groups is 1. The monoisotopic (exact) mass is 336 g/mol. The third-order valence-electron chi connectivity index (χ3n) is 4.57. The molecule has 1 fully saturated rings. The molecule has 4 nitrogen and oxygen atoms in total. The number of rotatable bonds is 6. The minimum Gasteiger partial charge on any atom is -0.389 e. The summed E-state index contributed by atoms with van der Waals surface area (Å²) < 4.78 is 0. The van der Waals surface area contributed by atoms with E-state index in [4.69, 9.17) is 0 Å². The molecule has 0 bridgehead atoms. The van der Waals surface area contributed by atoms with E-state index in [2.05, 4.69) is 10.6 Å². The average molecular weight is 337 g/mol. The molecule has 0 saturated carbocycles. The molecule has 3 N–H and O–H groups in total. The van der Waals surface area contributed by atoms with Crippen LogP contribution in [0.25, 0.3) is 0 Å². The number of hydrogen-bond acceptors (Lipinski definition) is 4. The predicted molar refractivity (Wildman–Crippen MR) is 98.1 cm³/mol. The van der Waals surface area contributed by atoms with Crippen LogP contribution in [0.1, 0.15) is 37.3 Å². The Bertz CT molecular complexity index is 542. The van der Waals surface area contributed by atoms with Crippen LogP contribution in [-0.2, 0) is 4.79 Å². The first kappa shape index (κ1) is 18.3. The van der Waals surface area contributed by atoms with Crippen LogP contribution in [-0.4, -0.2) is 40.7 Å². The molecule has 1 atom stereocenters. The second-order valence-electron chi connectivity index (χ2n) is 6.62. The van der Waals surface area contributed by atoms with Gasteiger partial charge < -0.3 is 15.7 Å². The first-order valence-electron chi connectivity index (χ1n) is 8.29. The van der Waals surface area contributed by atoms with E-state index < -0.39 is 5.60 Å². The van der Waals surface area contributed by atoms with Crippen LogP contribution in [0, 0.1) is 13.8 Å². The maximum atomic E-state index is 12.2. The number of aliphatic hydroxyl groups is 1. The minimum atomic E-state index is -0.608. The van der Waals surface area contributed by atoms with E-state index in [9.17, 15) is 9.90 Å². The Morgan fingerprint density at radius 3 is 2.74 bits per heavy atom. The van der Waals surface area contributed by atoms with Crippen molar-refractivity contribution in [2.24, 2.45) is 0 Å². The first-order chi connectivity index (χ1) is 10.9. The standard InChI is InChI=1S/C18H28N2O2S/c1-13-5-4-6-16(15(13)3)20-17(21)11-14(2)19-12-18(22)7-9-23-10-8-18/h4-6,14,19,22H,7-12H2,1-3H3,(H,20,21). The van der Waals surface area contributed by atoms with Crippen LogP contribution >= 0.6 is 11.8 Å². The maximum absolute atomic E-state index is 12.2. The number of hydrogen-bond donors (Lipinski definition) is 3. The molecule has 1 aromatic carbocycles. The van der Waals surface area contributed by atoms with Gasteiger partial charge >= 0.3 is 0 Å². The molecule has 0 aromatic heterocycles. The number of benzene rings is 1. The van der Waals surface area contributed by atoms with E-state index >= 15 is 0 Å². The van der Waals surface area contributed by atoms with Crippen molar-refractivity contribution in [1.29, 1.82) is 0 Å². The highest BCUT2D eigenvalue weighted by atomic mass is 32.2. The maximum Gasteiger partial charge on any atom is 0.225 e. The topological polar surface area (TPSA) is 61.4 Å². The lowest BCUT2D eigenvalue weighted by atomic mass is 9.96. The summed E-state index contributed by atoms with van der Waals surface area (Å²) in [5.41, 5.74) is 2.55. The van der Waals surface area contributed by atoms with E-state index in [1.165, 1.54) is 5.56 Å². The summed E-state index contributed by atoms with van der Waals surface area (Å²) in [6, 6.07) is 5.97. The van der Waals surface area contributed by atoms with Gasteiger partial charge in [0.1, 0.15) is 0 Å². The highest BCUT2D eigenvalue weighted by Gasteiger charge is 2.29. The summed E-state index contributed by atoms with van der Waals surface area (Å²) in [5.74, 6) is 2.03. The van der Waals surface area contributed by atoms with Crippen LogP contribution in [0.3, 0.4) is 0 Å². The summed E-state index contributed by atoms with van der Waals surface area (Å²) in [7, 11) is 0. The molecule has 0 spiro atoms. The van der Waals surface area contributed by atoms with Crippen LogP contribution in [0.2, 0.25) is 0 Å². The molecule has 23 heavy (non-hydrogen) atoms. The second kappa shape index (κ2) is 8.18. The Morgan fingerprint density at radius 2 is 2.04 bits per heavy atom. The van der Waals surface area contributed by atoms with Crippen molar-refractivity contribution < 1.29 is 9.90 Å². The van der Waals surface area contributed by atoms with Crippen molar-refractivity contribution in [1.82, 2.24) is 5.32 Å². The van der Waals surface area contributed by atoms with Gasteiger partial charge in [-0.25, -0.2) is 0 Å². The average Bonchev–Trinajstić information content (AvgIpc) is 2.51. The lowest BCUT2D eigenvalue weighted by molar-refractivity contribution is -0.116. The molecule has 1 aliphatic heterocycles. The van der Waals surface area contributed by atoms with Crippen molar-refractivity contribution in [2.75, 3.05) is 23.4 Å². The fourth-order valence-corrected chi connectivity index (χ4v) is 3.98. The molecule has 0 aliphatic carbocycles. The van der Waals surface area contributed by atoms with Crippen molar-refractivity contribution >= 4 is 23.4 Å². The highest BCUT2D eigenvalue weighted by molar-refractivity contribution is 7.99. The Kier molecular flexibility index (Phi) is 6.50.